The Labute approximate surface area is 164 Å². The first-order valence-electron chi connectivity index (χ1n) is 9.58. The molecule has 28 heavy (non-hydrogen) atoms. The molecule has 2 aliphatic heterocycles. The SMILES string of the molecule is Cc1ccc(NC(=O)C2CCN(C(=O)c3ccc4c(c3)OCO4)CC2)c(C)c1. The summed E-state index contributed by atoms with van der Waals surface area (Å²) in [5.74, 6) is 1.18. The Morgan fingerprint density at radius 1 is 1.00 bits per heavy atom. The number of ether oxygens (including phenoxy) is 2. The van der Waals surface area contributed by atoms with Crippen LogP contribution in [0.2, 0.25) is 0 Å². The van der Waals surface area contributed by atoms with Crippen LogP contribution >= 0.6 is 0 Å². The van der Waals surface area contributed by atoms with E-state index in [4.69, 9.17) is 9.47 Å². The van der Waals surface area contributed by atoms with Crippen molar-refractivity contribution in [2.45, 2.75) is 26.7 Å². The van der Waals surface area contributed by atoms with Crippen molar-refractivity contribution in [3.05, 3.63) is 53.1 Å². The number of nitrogens with zero attached hydrogens (tertiary/aromatic N) is 1. The van der Waals surface area contributed by atoms with Crippen LogP contribution < -0.4 is 14.8 Å². The number of nitrogens with one attached hydrogen (secondary N) is 1. The lowest BCUT2D eigenvalue weighted by Gasteiger charge is -2.31. The molecule has 0 saturated carbocycles. The van der Waals surface area contributed by atoms with Gasteiger partial charge in [-0.05, 0) is 56.5 Å². The monoisotopic (exact) mass is 380 g/mol. The molecule has 0 spiro atoms. The predicted molar refractivity (Wildman–Crippen MR) is 106 cm³/mol. The van der Waals surface area contributed by atoms with Gasteiger partial charge >= 0.3 is 0 Å². The number of benzene rings is 2. The van der Waals surface area contributed by atoms with Crippen LogP contribution in [-0.2, 0) is 4.79 Å². The Bertz CT molecular complexity index is 917. The van der Waals surface area contributed by atoms with Crippen molar-refractivity contribution >= 4 is 17.5 Å². The Balaban J connectivity index is 1.35. The molecule has 1 saturated heterocycles. The van der Waals surface area contributed by atoms with E-state index in [1.807, 2.05) is 26.0 Å². The number of rotatable bonds is 3. The average molecular weight is 380 g/mol. The van der Waals surface area contributed by atoms with Crippen LogP contribution in [0.1, 0.15) is 34.3 Å². The van der Waals surface area contributed by atoms with Crippen LogP contribution in [0.3, 0.4) is 0 Å². The molecule has 1 N–H and O–H groups in total. The number of carbonyl (C=O) groups is 2. The van der Waals surface area contributed by atoms with Crippen LogP contribution in [0.4, 0.5) is 5.69 Å². The van der Waals surface area contributed by atoms with Gasteiger partial charge in [0.2, 0.25) is 12.7 Å². The van der Waals surface area contributed by atoms with Crippen LogP contribution in [0.5, 0.6) is 11.5 Å². The summed E-state index contributed by atoms with van der Waals surface area (Å²) in [6, 6.07) is 11.2. The Hall–Kier alpha value is -3.02. The fourth-order valence-corrected chi connectivity index (χ4v) is 3.75. The second-order valence-corrected chi connectivity index (χ2v) is 7.44. The first-order chi connectivity index (χ1) is 13.5. The molecule has 0 radical (unpaired) electrons. The minimum Gasteiger partial charge on any atom is -0.454 e. The normalized spacial score (nSPS) is 16.1. The molecule has 6 heteroatoms. The van der Waals surface area contributed by atoms with Crippen molar-refractivity contribution in [1.82, 2.24) is 4.90 Å². The van der Waals surface area contributed by atoms with Crippen molar-refractivity contribution in [3.63, 3.8) is 0 Å². The van der Waals surface area contributed by atoms with E-state index in [1.165, 1.54) is 5.56 Å². The Morgan fingerprint density at radius 3 is 2.50 bits per heavy atom. The quantitative estimate of drug-likeness (QED) is 0.885. The Kier molecular flexibility index (Phi) is 4.94. The van der Waals surface area contributed by atoms with E-state index < -0.39 is 0 Å². The molecule has 0 unspecified atom stereocenters. The molecular weight excluding hydrogens is 356 g/mol. The molecule has 2 aromatic rings. The highest BCUT2D eigenvalue weighted by atomic mass is 16.7. The lowest BCUT2D eigenvalue weighted by Crippen LogP contribution is -2.41. The van der Waals surface area contributed by atoms with Crippen LogP contribution in [0.25, 0.3) is 0 Å². The fourth-order valence-electron chi connectivity index (χ4n) is 3.75. The van der Waals surface area contributed by atoms with Crippen LogP contribution in [0, 0.1) is 19.8 Å². The molecule has 6 nitrogen and oxygen atoms in total. The molecule has 0 atom stereocenters. The van der Waals surface area contributed by atoms with E-state index in [9.17, 15) is 9.59 Å². The van der Waals surface area contributed by atoms with E-state index in [0.29, 0.717) is 43.0 Å². The van der Waals surface area contributed by atoms with Gasteiger partial charge in [-0.3, -0.25) is 9.59 Å². The number of hydrogen-bond acceptors (Lipinski definition) is 4. The number of carbonyl (C=O) groups excluding carboxylic acids is 2. The highest BCUT2D eigenvalue weighted by molar-refractivity contribution is 5.96. The minimum absolute atomic E-state index is 0.0298. The summed E-state index contributed by atoms with van der Waals surface area (Å²) in [6.45, 7) is 5.35. The third-order valence-corrected chi connectivity index (χ3v) is 5.41. The smallest absolute Gasteiger partial charge is 0.253 e. The standard InChI is InChI=1S/C22H24N2O4/c1-14-3-5-18(15(2)11-14)23-21(25)16-7-9-24(10-8-16)22(26)17-4-6-19-20(12-17)28-13-27-19/h3-6,11-12,16H,7-10,13H2,1-2H3,(H,23,25). The second kappa shape index (κ2) is 7.54. The summed E-state index contributed by atoms with van der Waals surface area (Å²) in [5, 5.41) is 3.04. The molecule has 1 fully saturated rings. The van der Waals surface area contributed by atoms with Gasteiger partial charge in [-0.15, -0.1) is 0 Å². The third-order valence-electron chi connectivity index (χ3n) is 5.41. The first-order valence-corrected chi connectivity index (χ1v) is 9.58. The largest absolute Gasteiger partial charge is 0.454 e. The topological polar surface area (TPSA) is 67.9 Å². The number of anilines is 1. The maximum absolute atomic E-state index is 12.8. The number of amides is 2. The van der Waals surface area contributed by atoms with Crippen molar-refractivity contribution < 1.29 is 19.1 Å². The predicted octanol–water partition coefficient (Wildman–Crippen LogP) is 3.52. The molecule has 0 aliphatic carbocycles. The van der Waals surface area contributed by atoms with Crippen LogP contribution in [-0.4, -0.2) is 36.6 Å². The second-order valence-electron chi connectivity index (χ2n) is 7.44. The number of fused-ring (bicyclic) bond motifs is 1. The van der Waals surface area contributed by atoms with E-state index in [0.717, 1.165) is 11.3 Å². The van der Waals surface area contributed by atoms with E-state index >= 15 is 0 Å². The van der Waals surface area contributed by atoms with Crippen molar-refractivity contribution in [3.8, 4) is 11.5 Å². The average Bonchev–Trinajstić information content (AvgIpc) is 3.17. The lowest BCUT2D eigenvalue weighted by molar-refractivity contribution is -0.121. The summed E-state index contributed by atoms with van der Waals surface area (Å²) in [7, 11) is 0. The summed E-state index contributed by atoms with van der Waals surface area (Å²) in [6.07, 6.45) is 1.32. The summed E-state index contributed by atoms with van der Waals surface area (Å²) in [5.41, 5.74) is 3.67. The fraction of sp³-hybridized carbons (Fsp3) is 0.364. The molecule has 2 aromatic carbocycles. The summed E-state index contributed by atoms with van der Waals surface area (Å²) in [4.78, 5) is 27.2. The maximum atomic E-state index is 12.8. The lowest BCUT2D eigenvalue weighted by atomic mass is 9.95. The van der Waals surface area contributed by atoms with Gasteiger partial charge in [-0.1, -0.05) is 17.7 Å². The number of aryl methyl sites for hydroxylation is 2. The van der Waals surface area contributed by atoms with Gasteiger partial charge in [0.25, 0.3) is 5.91 Å². The summed E-state index contributed by atoms with van der Waals surface area (Å²) >= 11 is 0. The highest BCUT2D eigenvalue weighted by Gasteiger charge is 2.28. The van der Waals surface area contributed by atoms with Gasteiger partial charge in [0, 0.05) is 30.3 Å². The number of hydrogen-bond donors (Lipinski definition) is 1. The molecule has 2 aliphatic rings. The van der Waals surface area contributed by atoms with Gasteiger partial charge in [-0.2, -0.15) is 0 Å². The van der Waals surface area contributed by atoms with Gasteiger partial charge in [0.15, 0.2) is 11.5 Å². The van der Waals surface area contributed by atoms with E-state index in [-0.39, 0.29) is 24.5 Å². The van der Waals surface area contributed by atoms with Gasteiger partial charge in [0.05, 0.1) is 0 Å². The minimum atomic E-state index is -0.0819. The van der Waals surface area contributed by atoms with Crippen molar-refractivity contribution in [2.75, 3.05) is 25.2 Å². The van der Waals surface area contributed by atoms with E-state index in [1.54, 1.807) is 23.1 Å². The van der Waals surface area contributed by atoms with Crippen molar-refractivity contribution in [1.29, 1.82) is 0 Å². The molecule has 2 heterocycles. The third kappa shape index (κ3) is 3.67. The van der Waals surface area contributed by atoms with Gasteiger partial charge in [-0.25, -0.2) is 0 Å². The van der Waals surface area contributed by atoms with Crippen LogP contribution in [0.15, 0.2) is 36.4 Å². The molecule has 2 amide bonds. The molecular formula is C22H24N2O4. The zero-order valence-electron chi connectivity index (χ0n) is 16.2. The molecule has 0 aromatic heterocycles. The van der Waals surface area contributed by atoms with E-state index in [2.05, 4.69) is 11.4 Å². The molecule has 0 bridgehead atoms. The molecule has 4 rings (SSSR count). The maximum Gasteiger partial charge on any atom is 0.253 e. The first kappa shape index (κ1) is 18.3. The zero-order valence-corrected chi connectivity index (χ0v) is 16.2. The number of likely N-dealkylation sites (tertiary alicyclic amines) is 1. The number of piperidine rings is 1. The van der Waals surface area contributed by atoms with Gasteiger partial charge < -0.3 is 19.7 Å². The van der Waals surface area contributed by atoms with Gasteiger partial charge in [0.1, 0.15) is 0 Å². The highest BCUT2D eigenvalue weighted by Crippen LogP contribution is 2.33. The molecule has 146 valence electrons. The van der Waals surface area contributed by atoms with Crippen molar-refractivity contribution in [2.24, 2.45) is 5.92 Å². The Morgan fingerprint density at radius 2 is 1.75 bits per heavy atom. The summed E-state index contributed by atoms with van der Waals surface area (Å²) < 4.78 is 10.6. The zero-order chi connectivity index (χ0) is 19.7.